The van der Waals surface area contributed by atoms with Crippen LogP contribution in [0.15, 0.2) is 24.3 Å². The average molecular weight is 270 g/mol. The minimum absolute atomic E-state index is 0. The molecule has 1 aliphatic heterocycles. The number of ether oxygens (including phenoxy) is 1. The molecule has 2 rings (SSSR count). The highest BCUT2D eigenvalue weighted by atomic mass is 35.5. The van der Waals surface area contributed by atoms with Crippen LogP contribution in [-0.4, -0.2) is 30.5 Å². The minimum Gasteiger partial charge on any atom is -0.475 e. The molecule has 0 saturated carbocycles. The summed E-state index contributed by atoms with van der Waals surface area (Å²) < 4.78 is 5.86. The minimum atomic E-state index is 0. The standard InChI is InChI=1S/C14H19NO2.ClH/c1-12(15-9-3-2-4-10-15)17-14-7-5-13(11-16)6-8-14;/h5-8,11-12H,2-4,9-10H2,1H3;1H. The molecule has 1 saturated heterocycles. The second-order valence-corrected chi connectivity index (χ2v) is 4.50. The summed E-state index contributed by atoms with van der Waals surface area (Å²) in [5.74, 6) is 0.827. The lowest BCUT2D eigenvalue weighted by atomic mass is 10.1. The zero-order valence-corrected chi connectivity index (χ0v) is 11.5. The van der Waals surface area contributed by atoms with Gasteiger partial charge in [-0.1, -0.05) is 6.42 Å². The molecule has 1 aromatic rings. The number of hydrogen-bond donors (Lipinski definition) is 0. The molecule has 3 nitrogen and oxygen atoms in total. The Bertz CT molecular complexity index is 361. The van der Waals surface area contributed by atoms with E-state index in [-0.39, 0.29) is 18.6 Å². The summed E-state index contributed by atoms with van der Waals surface area (Å²) in [5.41, 5.74) is 0.683. The molecule has 0 N–H and O–H groups in total. The van der Waals surface area contributed by atoms with E-state index in [4.69, 9.17) is 4.74 Å². The molecule has 0 bridgehead atoms. The Hall–Kier alpha value is -1.06. The molecule has 1 fully saturated rings. The van der Waals surface area contributed by atoms with E-state index in [2.05, 4.69) is 11.8 Å². The van der Waals surface area contributed by atoms with E-state index in [1.165, 1.54) is 19.3 Å². The Labute approximate surface area is 115 Å². The second kappa shape index (κ2) is 7.39. The number of carbonyl (C=O) groups is 1. The van der Waals surface area contributed by atoms with Crippen LogP contribution in [0.1, 0.15) is 36.5 Å². The molecule has 18 heavy (non-hydrogen) atoms. The predicted octanol–water partition coefficient (Wildman–Crippen LogP) is 3.13. The van der Waals surface area contributed by atoms with Crippen molar-refractivity contribution in [3.8, 4) is 5.75 Å². The summed E-state index contributed by atoms with van der Waals surface area (Å²) in [7, 11) is 0. The molecule has 0 radical (unpaired) electrons. The number of rotatable bonds is 4. The Morgan fingerprint density at radius 3 is 2.33 bits per heavy atom. The molecular formula is C14H20ClNO2. The van der Waals surface area contributed by atoms with Gasteiger partial charge in [-0.25, -0.2) is 0 Å². The summed E-state index contributed by atoms with van der Waals surface area (Å²) in [6, 6.07) is 7.27. The maximum Gasteiger partial charge on any atom is 0.150 e. The van der Waals surface area contributed by atoms with Crippen LogP contribution >= 0.6 is 12.4 Å². The molecule has 0 amide bonds. The fraction of sp³-hybridized carbons (Fsp3) is 0.500. The lowest BCUT2D eigenvalue weighted by Gasteiger charge is -2.32. The molecule has 1 atom stereocenters. The number of halogens is 1. The Morgan fingerprint density at radius 1 is 1.17 bits per heavy atom. The van der Waals surface area contributed by atoms with Crippen LogP contribution in [0, 0.1) is 0 Å². The predicted molar refractivity (Wildman–Crippen MR) is 74.6 cm³/mol. The van der Waals surface area contributed by atoms with E-state index in [0.717, 1.165) is 25.1 Å². The highest BCUT2D eigenvalue weighted by molar-refractivity contribution is 5.85. The lowest BCUT2D eigenvalue weighted by molar-refractivity contribution is 0.0262. The molecule has 1 heterocycles. The van der Waals surface area contributed by atoms with Crippen molar-refractivity contribution in [2.24, 2.45) is 0 Å². The number of aldehydes is 1. The van der Waals surface area contributed by atoms with Gasteiger partial charge < -0.3 is 4.74 Å². The molecule has 100 valence electrons. The zero-order valence-electron chi connectivity index (χ0n) is 10.7. The van der Waals surface area contributed by atoms with Gasteiger partial charge in [-0.05, 0) is 44.0 Å². The molecule has 4 heteroatoms. The number of nitrogens with zero attached hydrogens (tertiary/aromatic N) is 1. The molecule has 0 aromatic heterocycles. The average Bonchev–Trinajstić information content (AvgIpc) is 2.40. The van der Waals surface area contributed by atoms with Crippen molar-refractivity contribution in [1.29, 1.82) is 0 Å². The Morgan fingerprint density at radius 2 is 1.78 bits per heavy atom. The molecule has 1 aromatic carbocycles. The van der Waals surface area contributed by atoms with E-state index >= 15 is 0 Å². The number of piperidine rings is 1. The van der Waals surface area contributed by atoms with Crippen molar-refractivity contribution in [1.82, 2.24) is 4.90 Å². The second-order valence-electron chi connectivity index (χ2n) is 4.50. The van der Waals surface area contributed by atoms with Gasteiger partial charge in [0.1, 0.15) is 18.3 Å². The van der Waals surface area contributed by atoms with Gasteiger partial charge in [0.05, 0.1) is 0 Å². The first-order valence-corrected chi connectivity index (χ1v) is 6.25. The van der Waals surface area contributed by atoms with Gasteiger partial charge in [0.15, 0.2) is 0 Å². The van der Waals surface area contributed by atoms with Crippen molar-refractivity contribution in [3.63, 3.8) is 0 Å². The highest BCUT2D eigenvalue weighted by Gasteiger charge is 2.17. The molecular weight excluding hydrogens is 250 g/mol. The summed E-state index contributed by atoms with van der Waals surface area (Å²) >= 11 is 0. The Balaban J connectivity index is 0.00000162. The van der Waals surface area contributed by atoms with Gasteiger partial charge in [0.2, 0.25) is 0 Å². The van der Waals surface area contributed by atoms with Crippen LogP contribution in [0.2, 0.25) is 0 Å². The van der Waals surface area contributed by atoms with Crippen molar-refractivity contribution >= 4 is 18.7 Å². The third-order valence-corrected chi connectivity index (χ3v) is 3.23. The van der Waals surface area contributed by atoms with E-state index in [0.29, 0.717) is 5.56 Å². The van der Waals surface area contributed by atoms with Gasteiger partial charge in [-0.2, -0.15) is 0 Å². The van der Waals surface area contributed by atoms with Crippen LogP contribution in [-0.2, 0) is 0 Å². The van der Waals surface area contributed by atoms with Gasteiger partial charge in [-0.15, -0.1) is 12.4 Å². The van der Waals surface area contributed by atoms with E-state index in [9.17, 15) is 4.79 Å². The van der Waals surface area contributed by atoms with E-state index < -0.39 is 0 Å². The third kappa shape index (κ3) is 4.00. The topological polar surface area (TPSA) is 29.5 Å². The normalized spacial score (nSPS) is 17.6. The number of carbonyl (C=O) groups excluding carboxylic acids is 1. The highest BCUT2D eigenvalue weighted by Crippen LogP contribution is 2.17. The summed E-state index contributed by atoms with van der Waals surface area (Å²) in [4.78, 5) is 12.9. The van der Waals surface area contributed by atoms with Crippen molar-refractivity contribution in [3.05, 3.63) is 29.8 Å². The molecule has 0 spiro atoms. The lowest BCUT2D eigenvalue weighted by Crippen LogP contribution is -2.40. The van der Waals surface area contributed by atoms with Crippen LogP contribution in [0.25, 0.3) is 0 Å². The fourth-order valence-corrected chi connectivity index (χ4v) is 2.18. The Kier molecular flexibility index (Phi) is 6.16. The van der Waals surface area contributed by atoms with Crippen molar-refractivity contribution in [2.45, 2.75) is 32.4 Å². The summed E-state index contributed by atoms with van der Waals surface area (Å²) in [6.45, 7) is 4.32. The van der Waals surface area contributed by atoms with Crippen LogP contribution in [0.4, 0.5) is 0 Å². The smallest absolute Gasteiger partial charge is 0.150 e. The number of benzene rings is 1. The van der Waals surface area contributed by atoms with Crippen LogP contribution < -0.4 is 4.74 Å². The van der Waals surface area contributed by atoms with E-state index in [1.54, 1.807) is 12.1 Å². The SMILES string of the molecule is CC(Oc1ccc(C=O)cc1)N1CCCCC1.Cl. The van der Waals surface area contributed by atoms with Gasteiger partial charge in [0, 0.05) is 18.7 Å². The van der Waals surface area contributed by atoms with Crippen LogP contribution in [0.5, 0.6) is 5.75 Å². The van der Waals surface area contributed by atoms with Gasteiger partial charge in [0.25, 0.3) is 0 Å². The van der Waals surface area contributed by atoms with Crippen molar-refractivity contribution in [2.75, 3.05) is 13.1 Å². The van der Waals surface area contributed by atoms with Crippen molar-refractivity contribution < 1.29 is 9.53 Å². The van der Waals surface area contributed by atoms with Crippen LogP contribution in [0.3, 0.4) is 0 Å². The first-order chi connectivity index (χ1) is 8.29. The van der Waals surface area contributed by atoms with E-state index in [1.807, 2.05) is 12.1 Å². The summed E-state index contributed by atoms with van der Waals surface area (Å²) in [6.07, 6.45) is 4.81. The third-order valence-electron chi connectivity index (χ3n) is 3.23. The first kappa shape index (κ1) is 15.0. The largest absolute Gasteiger partial charge is 0.475 e. The van der Waals surface area contributed by atoms with Gasteiger partial charge >= 0.3 is 0 Å². The zero-order chi connectivity index (χ0) is 12.1. The maximum absolute atomic E-state index is 10.5. The molecule has 1 aliphatic rings. The number of likely N-dealkylation sites (tertiary alicyclic amines) is 1. The summed E-state index contributed by atoms with van der Waals surface area (Å²) in [5, 5.41) is 0. The maximum atomic E-state index is 10.5. The fourth-order valence-electron chi connectivity index (χ4n) is 2.18. The first-order valence-electron chi connectivity index (χ1n) is 6.25. The molecule has 1 unspecified atom stereocenters. The molecule has 0 aliphatic carbocycles. The quantitative estimate of drug-likeness (QED) is 0.787. The monoisotopic (exact) mass is 269 g/mol. The number of hydrogen-bond acceptors (Lipinski definition) is 3. The van der Waals surface area contributed by atoms with Gasteiger partial charge in [-0.3, -0.25) is 9.69 Å².